The maximum Gasteiger partial charge on any atom is 0.274 e. The average Bonchev–Trinajstić information content (AvgIpc) is 3.23. The van der Waals surface area contributed by atoms with Crippen LogP contribution >= 0.6 is 0 Å². The summed E-state index contributed by atoms with van der Waals surface area (Å²) in [6, 6.07) is 0.338. The van der Waals surface area contributed by atoms with Crippen molar-refractivity contribution < 1.29 is 14.3 Å². The SMILES string of the molecule is O=C(CCN(C[C@H]1CCCO1)C(=O)c1cnccn1)NC1CC1. The molecule has 1 saturated heterocycles. The Hall–Kier alpha value is -2.02. The molecule has 0 radical (unpaired) electrons. The summed E-state index contributed by atoms with van der Waals surface area (Å²) in [5.41, 5.74) is 0.299. The molecule has 1 N–H and O–H groups in total. The lowest BCUT2D eigenvalue weighted by Gasteiger charge is -2.25. The zero-order valence-electron chi connectivity index (χ0n) is 13.1. The zero-order valence-corrected chi connectivity index (χ0v) is 13.1. The van der Waals surface area contributed by atoms with Crippen molar-refractivity contribution in [3.63, 3.8) is 0 Å². The summed E-state index contributed by atoms with van der Waals surface area (Å²) in [5.74, 6) is -0.204. The number of carbonyl (C=O) groups is 2. The molecular weight excluding hydrogens is 296 g/mol. The van der Waals surface area contributed by atoms with Crippen LogP contribution in [0.4, 0.5) is 0 Å². The van der Waals surface area contributed by atoms with Gasteiger partial charge in [0.25, 0.3) is 5.91 Å². The number of hydrogen-bond acceptors (Lipinski definition) is 5. The molecular formula is C16H22N4O3. The number of hydrogen-bond donors (Lipinski definition) is 1. The van der Waals surface area contributed by atoms with Gasteiger partial charge in [0.05, 0.1) is 12.3 Å². The van der Waals surface area contributed by atoms with E-state index >= 15 is 0 Å². The van der Waals surface area contributed by atoms with E-state index in [0.717, 1.165) is 32.3 Å². The van der Waals surface area contributed by atoms with Crippen molar-refractivity contribution in [2.45, 2.75) is 44.2 Å². The molecule has 1 saturated carbocycles. The summed E-state index contributed by atoms with van der Waals surface area (Å²) in [4.78, 5) is 34.2. The molecule has 2 amide bonds. The minimum absolute atomic E-state index is 0.00298. The Bertz CT molecular complexity index is 542. The number of nitrogens with one attached hydrogen (secondary N) is 1. The van der Waals surface area contributed by atoms with E-state index in [2.05, 4.69) is 15.3 Å². The molecule has 1 atom stereocenters. The lowest BCUT2D eigenvalue weighted by molar-refractivity contribution is -0.121. The molecule has 2 fully saturated rings. The average molecular weight is 318 g/mol. The second-order valence-electron chi connectivity index (χ2n) is 6.07. The molecule has 124 valence electrons. The van der Waals surface area contributed by atoms with Crippen molar-refractivity contribution in [2.24, 2.45) is 0 Å². The first-order chi connectivity index (χ1) is 11.2. The van der Waals surface area contributed by atoms with Crippen LogP contribution in [0.1, 0.15) is 42.6 Å². The fourth-order valence-corrected chi connectivity index (χ4v) is 2.65. The largest absolute Gasteiger partial charge is 0.376 e. The Morgan fingerprint density at radius 2 is 2.17 bits per heavy atom. The van der Waals surface area contributed by atoms with Gasteiger partial charge in [0.1, 0.15) is 5.69 Å². The lowest BCUT2D eigenvalue weighted by Crippen LogP contribution is -2.40. The molecule has 3 rings (SSSR count). The summed E-state index contributed by atoms with van der Waals surface area (Å²) in [6.07, 6.45) is 8.90. The van der Waals surface area contributed by atoms with Crippen LogP contribution in [0, 0.1) is 0 Å². The highest BCUT2D eigenvalue weighted by Crippen LogP contribution is 2.19. The monoisotopic (exact) mass is 318 g/mol. The highest BCUT2D eigenvalue weighted by atomic mass is 16.5. The smallest absolute Gasteiger partial charge is 0.274 e. The Kier molecular flexibility index (Phi) is 5.17. The van der Waals surface area contributed by atoms with Crippen LogP contribution < -0.4 is 5.32 Å². The number of rotatable bonds is 7. The van der Waals surface area contributed by atoms with Gasteiger partial charge in [-0.15, -0.1) is 0 Å². The zero-order chi connectivity index (χ0) is 16.1. The third kappa shape index (κ3) is 4.72. The quantitative estimate of drug-likeness (QED) is 0.802. The number of amides is 2. The predicted molar refractivity (Wildman–Crippen MR) is 82.7 cm³/mol. The Labute approximate surface area is 135 Å². The molecule has 1 aliphatic carbocycles. The van der Waals surface area contributed by atoms with Gasteiger partial charge < -0.3 is 15.0 Å². The summed E-state index contributed by atoms with van der Waals surface area (Å²) in [5, 5.41) is 2.95. The van der Waals surface area contributed by atoms with Gasteiger partial charge >= 0.3 is 0 Å². The first-order valence-electron chi connectivity index (χ1n) is 8.18. The third-order valence-corrected chi connectivity index (χ3v) is 4.07. The van der Waals surface area contributed by atoms with Gasteiger partial charge in [-0.25, -0.2) is 4.98 Å². The van der Waals surface area contributed by atoms with Crippen LogP contribution in [-0.4, -0.2) is 58.5 Å². The number of ether oxygens (including phenoxy) is 1. The van der Waals surface area contributed by atoms with E-state index in [1.54, 1.807) is 4.90 Å². The van der Waals surface area contributed by atoms with E-state index in [4.69, 9.17) is 4.74 Å². The molecule has 0 bridgehead atoms. The van der Waals surface area contributed by atoms with Crippen molar-refractivity contribution in [1.82, 2.24) is 20.2 Å². The number of aromatic nitrogens is 2. The molecule has 1 aromatic rings. The van der Waals surface area contributed by atoms with Gasteiger partial charge in [0.2, 0.25) is 5.91 Å². The topological polar surface area (TPSA) is 84.4 Å². The second-order valence-corrected chi connectivity index (χ2v) is 6.07. The molecule has 2 aliphatic rings. The molecule has 0 unspecified atom stereocenters. The van der Waals surface area contributed by atoms with Gasteiger partial charge in [-0.2, -0.15) is 0 Å². The van der Waals surface area contributed by atoms with Crippen LogP contribution in [0.5, 0.6) is 0 Å². The molecule has 1 aromatic heterocycles. The molecule has 23 heavy (non-hydrogen) atoms. The van der Waals surface area contributed by atoms with Gasteiger partial charge in [-0.05, 0) is 25.7 Å². The van der Waals surface area contributed by atoms with Crippen LogP contribution in [0.3, 0.4) is 0 Å². The maximum atomic E-state index is 12.6. The summed E-state index contributed by atoms with van der Waals surface area (Å²) < 4.78 is 5.62. The summed E-state index contributed by atoms with van der Waals surface area (Å²) >= 11 is 0. The van der Waals surface area contributed by atoms with E-state index in [1.807, 2.05) is 0 Å². The minimum atomic E-state index is -0.201. The van der Waals surface area contributed by atoms with E-state index < -0.39 is 0 Å². The van der Waals surface area contributed by atoms with Crippen molar-refractivity contribution in [2.75, 3.05) is 19.7 Å². The van der Waals surface area contributed by atoms with Gasteiger partial charge in [-0.3, -0.25) is 14.6 Å². The summed E-state index contributed by atoms with van der Waals surface area (Å²) in [6.45, 7) is 1.60. The molecule has 0 aromatic carbocycles. The first-order valence-corrected chi connectivity index (χ1v) is 8.18. The van der Waals surface area contributed by atoms with Crippen LogP contribution in [0.25, 0.3) is 0 Å². The minimum Gasteiger partial charge on any atom is -0.376 e. The van der Waals surface area contributed by atoms with Gasteiger partial charge in [0, 0.05) is 44.6 Å². The number of nitrogens with zero attached hydrogens (tertiary/aromatic N) is 3. The molecule has 7 heteroatoms. The van der Waals surface area contributed by atoms with Crippen molar-refractivity contribution in [3.8, 4) is 0 Å². The molecule has 0 spiro atoms. The van der Waals surface area contributed by atoms with Crippen LogP contribution in [0.2, 0.25) is 0 Å². The number of carbonyl (C=O) groups excluding carboxylic acids is 2. The van der Waals surface area contributed by atoms with Crippen LogP contribution in [0.15, 0.2) is 18.6 Å². The van der Waals surface area contributed by atoms with E-state index in [1.165, 1.54) is 18.6 Å². The molecule has 1 aliphatic heterocycles. The van der Waals surface area contributed by atoms with Crippen LogP contribution in [-0.2, 0) is 9.53 Å². The van der Waals surface area contributed by atoms with E-state index in [9.17, 15) is 9.59 Å². The van der Waals surface area contributed by atoms with Crippen molar-refractivity contribution >= 4 is 11.8 Å². The second kappa shape index (κ2) is 7.50. The third-order valence-electron chi connectivity index (χ3n) is 4.07. The standard InChI is InChI=1S/C16H22N4O3/c21-15(19-12-3-4-12)5-8-20(11-13-2-1-9-23-13)16(22)14-10-17-6-7-18-14/h6-7,10,12-13H,1-5,8-9,11H2,(H,19,21)/t13-/m1/s1. The fourth-order valence-electron chi connectivity index (χ4n) is 2.65. The normalized spacial score (nSPS) is 20.3. The Morgan fingerprint density at radius 3 is 2.83 bits per heavy atom. The molecule has 2 heterocycles. The van der Waals surface area contributed by atoms with Crippen molar-refractivity contribution in [3.05, 3.63) is 24.3 Å². The summed E-state index contributed by atoms with van der Waals surface area (Å²) in [7, 11) is 0. The fraction of sp³-hybridized carbons (Fsp3) is 0.625. The van der Waals surface area contributed by atoms with Gasteiger partial charge in [0.15, 0.2) is 0 Å². The van der Waals surface area contributed by atoms with Crippen molar-refractivity contribution in [1.29, 1.82) is 0 Å². The predicted octanol–water partition coefficient (Wildman–Crippen LogP) is 0.766. The molecule has 7 nitrogen and oxygen atoms in total. The highest BCUT2D eigenvalue weighted by molar-refractivity contribution is 5.92. The highest BCUT2D eigenvalue weighted by Gasteiger charge is 2.26. The lowest BCUT2D eigenvalue weighted by atomic mass is 10.2. The van der Waals surface area contributed by atoms with Gasteiger partial charge in [-0.1, -0.05) is 0 Å². The Balaban J connectivity index is 1.59. The van der Waals surface area contributed by atoms with E-state index in [0.29, 0.717) is 31.2 Å². The first kappa shape index (κ1) is 15.9. The van der Waals surface area contributed by atoms with E-state index in [-0.39, 0.29) is 17.9 Å². The Morgan fingerprint density at radius 1 is 1.30 bits per heavy atom. The maximum absolute atomic E-state index is 12.6.